The average molecular weight is 713 g/mol. The van der Waals surface area contributed by atoms with Gasteiger partial charge in [0, 0.05) is 40.3 Å². The molecule has 0 aromatic heterocycles. The number of allylic oxidation sites excluding steroid dienone is 13. The van der Waals surface area contributed by atoms with Crippen molar-refractivity contribution >= 4 is 11.4 Å². The van der Waals surface area contributed by atoms with Crippen LogP contribution >= 0.6 is 0 Å². The number of hydrogen-bond donors (Lipinski definition) is 0. The third-order valence-electron chi connectivity index (χ3n) is 12.7. The molecule has 3 atom stereocenters. The fraction of sp³-hybridized carbons (Fsp3) is 0.208. The smallest absolute Gasteiger partial charge is 0.0563 e. The van der Waals surface area contributed by atoms with Gasteiger partial charge >= 0.3 is 0 Å². The van der Waals surface area contributed by atoms with Crippen LogP contribution in [0.4, 0.5) is 11.4 Å². The molecule has 4 aromatic rings. The summed E-state index contributed by atoms with van der Waals surface area (Å²) in [6, 6.07) is 38.8. The van der Waals surface area contributed by atoms with Gasteiger partial charge in [-0.05, 0) is 127 Å². The minimum atomic E-state index is -0.298. The average Bonchev–Trinajstić information content (AvgIpc) is 3.66. The van der Waals surface area contributed by atoms with E-state index in [2.05, 4.69) is 200 Å². The normalized spacial score (nSPS) is 24.9. The summed E-state index contributed by atoms with van der Waals surface area (Å²) in [6.45, 7) is 4.48. The van der Waals surface area contributed by atoms with E-state index in [0.29, 0.717) is 0 Å². The monoisotopic (exact) mass is 712 g/mol. The molecule has 0 N–H and O–H groups in total. The third-order valence-corrected chi connectivity index (χ3v) is 12.7. The van der Waals surface area contributed by atoms with Gasteiger partial charge in [-0.25, -0.2) is 0 Å². The van der Waals surface area contributed by atoms with E-state index < -0.39 is 0 Å². The molecule has 270 valence electrons. The lowest BCUT2D eigenvalue weighted by Crippen LogP contribution is -2.39. The summed E-state index contributed by atoms with van der Waals surface area (Å²) in [4.78, 5) is 5.12. The number of anilines is 2. The van der Waals surface area contributed by atoms with Crippen LogP contribution in [0, 0.1) is 18.8 Å². The molecule has 0 fully saturated rings. The van der Waals surface area contributed by atoms with Gasteiger partial charge in [0.15, 0.2) is 0 Å². The quantitative estimate of drug-likeness (QED) is 0.196. The molecular weight excluding hydrogens is 665 g/mol. The lowest BCUT2D eigenvalue weighted by Gasteiger charge is -2.42. The molecule has 0 amide bonds. The first-order chi connectivity index (χ1) is 27.1. The molecule has 0 heterocycles. The van der Waals surface area contributed by atoms with Gasteiger partial charge in [0.25, 0.3) is 0 Å². The lowest BCUT2D eigenvalue weighted by atomic mass is 9.63. The number of hydrogen-bond acceptors (Lipinski definition) is 2. The largest absolute Gasteiger partial charge is 0.334 e. The first-order valence-corrected chi connectivity index (χ1v) is 20.2. The summed E-state index contributed by atoms with van der Waals surface area (Å²) < 4.78 is 0. The van der Waals surface area contributed by atoms with E-state index in [9.17, 15) is 0 Å². The molecule has 2 nitrogen and oxygen atoms in total. The molecule has 0 bridgehead atoms. The zero-order valence-corrected chi connectivity index (χ0v) is 31.9. The van der Waals surface area contributed by atoms with E-state index in [1.165, 1.54) is 67.4 Å². The fourth-order valence-corrected chi connectivity index (χ4v) is 10.5. The fourth-order valence-electron chi connectivity index (χ4n) is 10.5. The summed E-state index contributed by atoms with van der Waals surface area (Å²) >= 11 is 0. The van der Waals surface area contributed by atoms with Crippen LogP contribution in [0.1, 0.15) is 55.7 Å². The van der Waals surface area contributed by atoms with E-state index in [-0.39, 0.29) is 23.3 Å². The molecule has 3 unspecified atom stereocenters. The van der Waals surface area contributed by atoms with Crippen molar-refractivity contribution in [2.24, 2.45) is 11.8 Å². The van der Waals surface area contributed by atoms with Crippen molar-refractivity contribution in [3.63, 3.8) is 0 Å². The number of para-hydroxylation sites is 1. The van der Waals surface area contributed by atoms with Gasteiger partial charge in [-0.1, -0.05) is 139 Å². The topological polar surface area (TPSA) is 6.48 Å². The zero-order valence-electron chi connectivity index (χ0n) is 31.9. The molecule has 2 heteroatoms. The lowest BCUT2D eigenvalue weighted by molar-refractivity contribution is 0.409. The third kappa shape index (κ3) is 5.53. The Kier molecular flexibility index (Phi) is 8.43. The van der Waals surface area contributed by atoms with E-state index in [0.717, 1.165) is 32.1 Å². The Morgan fingerprint density at radius 3 is 2.16 bits per heavy atom. The summed E-state index contributed by atoms with van der Waals surface area (Å²) in [6.07, 6.45) is 34.2. The van der Waals surface area contributed by atoms with Gasteiger partial charge in [-0.3, -0.25) is 0 Å². The second-order valence-electron chi connectivity index (χ2n) is 16.0. The van der Waals surface area contributed by atoms with Crippen LogP contribution in [-0.4, -0.2) is 10.9 Å². The van der Waals surface area contributed by atoms with Gasteiger partial charge in [0.05, 0.1) is 11.5 Å². The standard InChI is InChI=1S/C53H48N2/c1-37-17-15-23-41(33-37)54(39-19-7-4-3-5-8-20-39)43-29-31-47-48-32-30-44(55(40-21-9-6-10-22-40)42-24-16-18-38(2)34-42)36-52(48)53(51(47)35-43)49-27-13-11-25-45(49)46-26-12-14-28-50(46)53/h3-4,6-7,9-14,16,18-35,44,47,51H,5,8,15,17,36H2,1-2H3/b4-3+,19-7-,39-20+. The van der Waals surface area contributed by atoms with Gasteiger partial charge in [-0.15, -0.1) is 0 Å². The highest BCUT2D eigenvalue weighted by atomic mass is 15.2. The minimum Gasteiger partial charge on any atom is -0.334 e. The van der Waals surface area contributed by atoms with Crippen molar-refractivity contribution in [1.29, 1.82) is 0 Å². The summed E-state index contributed by atoms with van der Waals surface area (Å²) in [5.74, 6) is 0.480. The molecule has 6 aliphatic carbocycles. The van der Waals surface area contributed by atoms with E-state index >= 15 is 0 Å². The predicted molar refractivity (Wildman–Crippen MR) is 230 cm³/mol. The van der Waals surface area contributed by atoms with Gasteiger partial charge in [0.1, 0.15) is 0 Å². The van der Waals surface area contributed by atoms with E-state index in [4.69, 9.17) is 0 Å². The maximum Gasteiger partial charge on any atom is 0.0563 e. The second-order valence-corrected chi connectivity index (χ2v) is 16.0. The Labute approximate surface area is 326 Å². The van der Waals surface area contributed by atoms with Crippen molar-refractivity contribution in [3.05, 3.63) is 227 Å². The molecule has 6 aliphatic rings. The first-order valence-electron chi connectivity index (χ1n) is 20.2. The second kappa shape index (κ2) is 13.8. The van der Waals surface area contributed by atoms with Crippen LogP contribution in [0.15, 0.2) is 210 Å². The highest BCUT2D eigenvalue weighted by Crippen LogP contribution is 2.66. The number of benzene rings is 4. The number of nitrogens with zero attached hydrogens (tertiary/aromatic N) is 2. The van der Waals surface area contributed by atoms with Gasteiger partial charge in [-0.2, -0.15) is 0 Å². The maximum atomic E-state index is 2.67. The van der Waals surface area contributed by atoms with Crippen LogP contribution in [0.2, 0.25) is 0 Å². The maximum absolute atomic E-state index is 2.67. The molecule has 0 saturated heterocycles. The summed E-state index contributed by atoms with van der Waals surface area (Å²) in [5, 5.41) is 0. The predicted octanol–water partition coefficient (Wildman–Crippen LogP) is 13.1. The SMILES string of the molecule is CC1=CC(N(C2=CC3C(C=C2)C2=C(CC(N(c4ccccc4)c4cccc(C)c4)C=C2)C32c3ccccc3-c3ccccc32)C2=C/CC/C=C/C=C\2)=CCC1. The molecule has 0 radical (unpaired) electrons. The summed E-state index contributed by atoms with van der Waals surface area (Å²) in [5.41, 5.74) is 17.4. The van der Waals surface area contributed by atoms with Crippen molar-refractivity contribution in [3.8, 4) is 11.1 Å². The van der Waals surface area contributed by atoms with Crippen molar-refractivity contribution < 1.29 is 0 Å². The molecule has 0 aliphatic heterocycles. The van der Waals surface area contributed by atoms with Crippen molar-refractivity contribution in [2.45, 2.75) is 57.4 Å². The molecule has 55 heavy (non-hydrogen) atoms. The first kappa shape index (κ1) is 33.7. The summed E-state index contributed by atoms with van der Waals surface area (Å²) in [7, 11) is 0. The molecule has 10 rings (SSSR count). The Morgan fingerprint density at radius 2 is 1.38 bits per heavy atom. The Bertz CT molecular complexity index is 2410. The Balaban J connectivity index is 1.16. The highest BCUT2D eigenvalue weighted by molar-refractivity contribution is 5.86. The van der Waals surface area contributed by atoms with Crippen LogP contribution in [0.25, 0.3) is 11.1 Å². The molecule has 0 saturated carbocycles. The minimum absolute atomic E-state index is 0.155. The van der Waals surface area contributed by atoms with E-state index in [1.54, 1.807) is 5.57 Å². The molecule has 1 spiro atoms. The van der Waals surface area contributed by atoms with Crippen LogP contribution in [0.5, 0.6) is 0 Å². The van der Waals surface area contributed by atoms with Crippen molar-refractivity contribution in [1.82, 2.24) is 4.90 Å². The molecular formula is C53H48N2. The van der Waals surface area contributed by atoms with Gasteiger partial charge < -0.3 is 9.80 Å². The van der Waals surface area contributed by atoms with Gasteiger partial charge in [0.2, 0.25) is 0 Å². The number of fused-ring (bicyclic) bond motifs is 9. The van der Waals surface area contributed by atoms with E-state index in [1.807, 2.05) is 0 Å². The number of rotatable bonds is 6. The Hall–Kier alpha value is -5.86. The van der Waals surface area contributed by atoms with Crippen LogP contribution in [0.3, 0.4) is 0 Å². The Morgan fingerprint density at radius 1 is 0.636 bits per heavy atom. The number of aryl methyl sites for hydroxylation is 1. The van der Waals surface area contributed by atoms with Crippen LogP contribution in [-0.2, 0) is 5.41 Å². The van der Waals surface area contributed by atoms with Crippen molar-refractivity contribution in [2.75, 3.05) is 4.90 Å². The van der Waals surface area contributed by atoms with Crippen LogP contribution < -0.4 is 4.90 Å². The highest BCUT2D eigenvalue weighted by Gasteiger charge is 2.59. The zero-order chi connectivity index (χ0) is 36.9. The molecule has 4 aromatic carbocycles.